The molecule has 0 aliphatic carbocycles. The Kier molecular flexibility index (Phi) is 4.24. The van der Waals surface area contributed by atoms with Crippen LogP contribution in [0.25, 0.3) is 0 Å². The third-order valence-corrected chi connectivity index (χ3v) is 4.84. The highest BCUT2D eigenvalue weighted by molar-refractivity contribution is 14.1. The number of rotatable bonds is 2. The molecule has 0 aromatic rings. The lowest BCUT2D eigenvalue weighted by Crippen LogP contribution is -2.56. The summed E-state index contributed by atoms with van der Waals surface area (Å²) < 4.78 is 13.5. The van der Waals surface area contributed by atoms with Crippen LogP contribution >= 0.6 is 22.6 Å². The van der Waals surface area contributed by atoms with Crippen molar-refractivity contribution in [1.29, 1.82) is 0 Å². The molecule has 2 nitrogen and oxygen atoms in total. The monoisotopic (exact) mass is 326 g/mol. The molecule has 2 aliphatic heterocycles. The van der Waals surface area contributed by atoms with Gasteiger partial charge >= 0.3 is 0 Å². The van der Waals surface area contributed by atoms with Crippen LogP contribution in [0.2, 0.25) is 0 Å². The maximum Gasteiger partial charge on any atom is 0.272 e. The van der Waals surface area contributed by atoms with Crippen molar-refractivity contribution in [2.45, 2.75) is 42.4 Å². The lowest BCUT2D eigenvalue weighted by atomic mass is 10.1. The second kappa shape index (κ2) is 5.27. The molecule has 0 saturated carbocycles. The Hall–Kier alpha value is 0.580. The largest absolute Gasteiger partial charge is 0.272 e. The van der Waals surface area contributed by atoms with Crippen molar-refractivity contribution in [3.8, 4) is 0 Å². The summed E-state index contributed by atoms with van der Waals surface area (Å²) in [7, 11) is 0. The zero-order chi connectivity index (χ0) is 10.7. The molecule has 2 heterocycles. The summed E-state index contributed by atoms with van der Waals surface area (Å²) in [5, 5.41) is 0. The zero-order valence-electron chi connectivity index (χ0n) is 9.22. The lowest BCUT2D eigenvalue weighted by Gasteiger charge is -2.44. The van der Waals surface area contributed by atoms with Gasteiger partial charge in [0.05, 0.1) is 0 Å². The van der Waals surface area contributed by atoms with Crippen molar-refractivity contribution in [3.05, 3.63) is 0 Å². The van der Waals surface area contributed by atoms with E-state index in [-0.39, 0.29) is 0 Å². The molecule has 88 valence electrons. The SMILES string of the molecule is FC(I)(N1CCCCC1)N1CCCCC1. The van der Waals surface area contributed by atoms with Crippen molar-refractivity contribution >= 4 is 22.6 Å². The molecule has 2 fully saturated rings. The van der Waals surface area contributed by atoms with E-state index in [1.54, 1.807) is 0 Å². The number of halogens is 2. The topological polar surface area (TPSA) is 6.48 Å². The van der Waals surface area contributed by atoms with E-state index >= 15 is 0 Å². The smallest absolute Gasteiger partial charge is 0.250 e. The molecular formula is C11H20FIN2. The molecule has 0 radical (unpaired) electrons. The Labute approximate surface area is 105 Å². The van der Waals surface area contributed by atoms with Crippen molar-refractivity contribution < 1.29 is 4.39 Å². The average Bonchev–Trinajstić information content (AvgIpc) is 2.31. The van der Waals surface area contributed by atoms with Gasteiger partial charge in [0, 0.05) is 26.2 Å². The first-order chi connectivity index (χ1) is 7.21. The third kappa shape index (κ3) is 2.82. The second-order valence-corrected chi connectivity index (χ2v) is 5.98. The van der Waals surface area contributed by atoms with Gasteiger partial charge in [-0.3, -0.25) is 9.80 Å². The first kappa shape index (κ1) is 12.0. The molecular weight excluding hydrogens is 306 g/mol. The van der Waals surface area contributed by atoms with Gasteiger partial charge in [0.1, 0.15) is 0 Å². The third-order valence-electron chi connectivity index (χ3n) is 3.47. The predicted octanol–water partition coefficient (Wildman–Crippen LogP) is 2.97. The number of alkyl halides is 2. The zero-order valence-corrected chi connectivity index (χ0v) is 11.4. The number of likely N-dealkylation sites (tertiary alicyclic amines) is 2. The van der Waals surface area contributed by atoms with Crippen LogP contribution < -0.4 is 0 Å². The molecule has 15 heavy (non-hydrogen) atoms. The molecule has 0 amide bonds. The van der Waals surface area contributed by atoms with Crippen molar-refractivity contribution in [2.24, 2.45) is 0 Å². The molecule has 0 N–H and O–H groups in total. The predicted molar refractivity (Wildman–Crippen MR) is 68.7 cm³/mol. The summed E-state index contributed by atoms with van der Waals surface area (Å²) in [6.45, 7) is 3.71. The molecule has 4 heteroatoms. The Bertz CT molecular complexity index is 179. The van der Waals surface area contributed by atoms with Gasteiger partial charge in [-0.15, -0.1) is 0 Å². The molecule has 0 aromatic carbocycles. The van der Waals surface area contributed by atoms with Crippen LogP contribution in [-0.4, -0.2) is 39.9 Å². The van der Waals surface area contributed by atoms with E-state index in [1.165, 1.54) is 12.8 Å². The summed E-state index contributed by atoms with van der Waals surface area (Å²) in [6.07, 6.45) is 7.16. The lowest BCUT2D eigenvalue weighted by molar-refractivity contribution is -0.0834. The first-order valence-corrected chi connectivity index (χ1v) is 7.17. The van der Waals surface area contributed by atoms with E-state index in [9.17, 15) is 4.39 Å². The summed E-state index contributed by atoms with van der Waals surface area (Å²) in [5.41, 5.74) is 0. The Balaban J connectivity index is 1.96. The van der Waals surface area contributed by atoms with Crippen LogP contribution in [0, 0.1) is 0 Å². The van der Waals surface area contributed by atoms with Gasteiger partial charge in [0.25, 0.3) is 3.92 Å². The van der Waals surface area contributed by atoms with E-state index in [0.717, 1.165) is 51.9 Å². The standard InChI is InChI=1S/C11H20FIN2/c12-11(13,14-7-3-1-4-8-14)15-9-5-2-6-10-15/h1-10H2. The fraction of sp³-hybridized carbons (Fsp3) is 1.00. The minimum absolute atomic E-state index is 0.927. The van der Waals surface area contributed by atoms with E-state index in [2.05, 4.69) is 0 Å². The van der Waals surface area contributed by atoms with Crippen LogP contribution in [0.4, 0.5) is 4.39 Å². The van der Waals surface area contributed by atoms with Gasteiger partial charge in [0.15, 0.2) is 0 Å². The number of hydrogen-bond donors (Lipinski definition) is 0. The Morgan fingerprint density at radius 2 is 1.07 bits per heavy atom. The highest BCUT2D eigenvalue weighted by atomic mass is 127. The van der Waals surface area contributed by atoms with E-state index in [4.69, 9.17) is 0 Å². The second-order valence-electron chi connectivity index (χ2n) is 4.60. The van der Waals surface area contributed by atoms with Gasteiger partial charge in [-0.1, -0.05) is 12.8 Å². The molecule has 0 aromatic heterocycles. The summed E-state index contributed by atoms with van der Waals surface area (Å²) in [5.74, 6) is 0. The number of nitrogens with zero attached hydrogens (tertiary/aromatic N) is 2. The molecule has 2 rings (SSSR count). The van der Waals surface area contributed by atoms with Crippen LogP contribution in [0.5, 0.6) is 0 Å². The first-order valence-electron chi connectivity index (χ1n) is 6.09. The fourth-order valence-electron chi connectivity index (χ4n) is 2.53. The van der Waals surface area contributed by atoms with Crippen molar-refractivity contribution in [3.63, 3.8) is 0 Å². The van der Waals surface area contributed by atoms with E-state index in [0.29, 0.717) is 0 Å². The van der Waals surface area contributed by atoms with Crippen LogP contribution in [0.15, 0.2) is 0 Å². The van der Waals surface area contributed by atoms with Gasteiger partial charge in [-0.25, -0.2) is 0 Å². The number of piperidine rings is 2. The minimum Gasteiger partial charge on any atom is -0.250 e. The molecule has 2 saturated heterocycles. The Morgan fingerprint density at radius 1 is 0.733 bits per heavy atom. The average molecular weight is 326 g/mol. The maximum absolute atomic E-state index is 14.7. The van der Waals surface area contributed by atoms with Crippen molar-refractivity contribution in [2.75, 3.05) is 26.2 Å². The summed E-state index contributed by atoms with van der Waals surface area (Å²) >= 11 is 2.00. The molecule has 0 bridgehead atoms. The van der Waals surface area contributed by atoms with Gasteiger partial charge < -0.3 is 0 Å². The number of hydrogen-bond acceptors (Lipinski definition) is 2. The maximum atomic E-state index is 14.7. The molecule has 0 atom stereocenters. The van der Waals surface area contributed by atoms with Crippen molar-refractivity contribution in [1.82, 2.24) is 9.80 Å². The van der Waals surface area contributed by atoms with Gasteiger partial charge in [-0.05, 0) is 48.3 Å². The summed E-state index contributed by atoms with van der Waals surface area (Å²) in [6, 6.07) is 0. The Morgan fingerprint density at radius 3 is 1.40 bits per heavy atom. The highest BCUT2D eigenvalue weighted by Gasteiger charge is 2.40. The van der Waals surface area contributed by atoms with Crippen LogP contribution in [0.1, 0.15) is 38.5 Å². The molecule has 0 spiro atoms. The summed E-state index contributed by atoms with van der Waals surface area (Å²) in [4.78, 5) is 4.03. The van der Waals surface area contributed by atoms with E-state index < -0.39 is 3.92 Å². The quantitative estimate of drug-likeness (QED) is 0.437. The van der Waals surface area contributed by atoms with Crippen LogP contribution in [-0.2, 0) is 0 Å². The van der Waals surface area contributed by atoms with E-state index in [1.807, 2.05) is 32.4 Å². The molecule has 0 unspecified atom stereocenters. The van der Waals surface area contributed by atoms with Gasteiger partial charge in [-0.2, -0.15) is 4.39 Å². The van der Waals surface area contributed by atoms with Crippen LogP contribution in [0.3, 0.4) is 0 Å². The highest BCUT2D eigenvalue weighted by Crippen LogP contribution is 2.34. The fourth-order valence-corrected chi connectivity index (χ4v) is 3.49. The molecule has 2 aliphatic rings. The normalized spacial score (nSPS) is 26.8. The minimum atomic E-state index is -1.22. The van der Waals surface area contributed by atoms with Gasteiger partial charge in [0.2, 0.25) is 0 Å².